The van der Waals surface area contributed by atoms with Gasteiger partial charge in [-0.15, -0.1) is 0 Å². The first-order chi connectivity index (χ1) is 9.15. The second-order valence-corrected chi connectivity index (χ2v) is 5.28. The lowest BCUT2D eigenvalue weighted by atomic mass is 10.1. The molecule has 0 aliphatic heterocycles. The molecule has 0 saturated carbocycles. The third-order valence-corrected chi connectivity index (χ3v) is 3.88. The summed E-state index contributed by atoms with van der Waals surface area (Å²) in [5.41, 5.74) is 3.95. The first-order valence-corrected chi connectivity index (χ1v) is 6.78. The zero-order chi connectivity index (χ0) is 13.4. The van der Waals surface area contributed by atoms with Crippen LogP contribution in [-0.4, -0.2) is 17.0 Å². The number of nitrogens with zero attached hydrogens (tertiary/aromatic N) is 3. The van der Waals surface area contributed by atoms with Gasteiger partial charge in [0.05, 0.1) is 6.04 Å². The van der Waals surface area contributed by atoms with E-state index in [4.69, 9.17) is 0 Å². The molecule has 19 heavy (non-hydrogen) atoms. The minimum absolute atomic E-state index is 0.435. The molecule has 0 radical (unpaired) electrons. The molecular formula is C16H19N3. The van der Waals surface area contributed by atoms with Crippen LogP contribution in [0.25, 0.3) is 0 Å². The third-order valence-electron chi connectivity index (χ3n) is 3.88. The molecule has 1 heterocycles. The molecule has 2 aromatic rings. The first-order valence-electron chi connectivity index (χ1n) is 6.78. The van der Waals surface area contributed by atoms with E-state index in [2.05, 4.69) is 52.2 Å². The second-order valence-electron chi connectivity index (χ2n) is 5.28. The van der Waals surface area contributed by atoms with Crippen LogP contribution in [0.4, 0.5) is 5.82 Å². The van der Waals surface area contributed by atoms with Crippen molar-refractivity contribution in [2.45, 2.75) is 32.7 Å². The zero-order valence-corrected chi connectivity index (χ0v) is 11.7. The molecule has 0 saturated heterocycles. The number of rotatable bonds is 2. The number of fused-ring (bicyclic) bond motifs is 1. The minimum atomic E-state index is 0.435. The zero-order valence-electron chi connectivity index (χ0n) is 11.7. The lowest BCUT2D eigenvalue weighted by Gasteiger charge is -2.26. The SMILES string of the molecule is Cc1cc(N(C)[C@@H]2CCc3ccccc32)nc(C)n1. The van der Waals surface area contributed by atoms with Crippen molar-refractivity contribution in [3.8, 4) is 0 Å². The van der Waals surface area contributed by atoms with E-state index in [1.54, 1.807) is 0 Å². The Labute approximate surface area is 114 Å². The largest absolute Gasteiger partial charge is 0.352 e. The molecule has 0 spiro atoms. The van der Waals surface area contributed by atoms with E-state index in [0.29, 0.717) is 6.04 Å². The fourth-order valence-electron chi connectivity index (χ4n) is 2.97. The van der Waals surface area contributed by atoms with Crippen LogP contribution in [0, 0.1) is 13.8 Å². The van der Waals surface area contributed by atoms with Crippen LogP contribution in [0.15, 0.2) is 30.3 Å². The molecule has 0 unspecified atom stereocenters. The van der Waals surface area contributed by atoms with Gasteiger partial charge in [0.25, 0.3) is 0 Å². The molecule has 0 amide bonds. The molecule has 98 valence electrons. The lowest BCUT2D eigenvalue weighted by molar-refractivity contribution is 0.652. The molecule has 1 aromatic carbocycles. The lowest BCUT2D eigenvalue weighted by Crippen LogP contribution is -2.23. The number of benzene rings is 1. The van der Waals surface area contributed by atoms with Gasteiger partial charge < -0.3 is 4.90 Å². The van der Waals surface area contributed by atoms with E-state index in [1.807, 2.05) is 13.8 Å². The van der Waals surface area contributed by atoms with E-state index in [0.717, 1.165) is 30.2 Å². The van der Waals surface area contributed by atoms with Crippen LogP contribution < -0.4 is 4.90 Å². The van der Waals surface area contributed by atoms with Gasteiger partial charge in [0, 0.05) is 18.8 Å². The van der Waals surface area contributed by atoms with Crippen molar-refractivity contribution in [2.24, 2.45) is 0 Å². The Balaban J connectivity index is 1.95. The molecular weight excluding hydrogens is 234 g/mol. The van der Waals surface area contributed by atoms with Gasteiger partial charge in [-0.1, -0.05) is 24.3 Å². The Bertz CT molecular complexity index is 586. The van der Waals surface area contributed by atoms with Crippen LogP contribution in [0.5, 0.6) is 0 Å². The predicted molar refractivity (Wildman–Crippen MR) is 77.4 cm³/mol. The summed E-state index contributed by atoms with van der Waals surface area (Å²) in [6.45, 7) is 3.97. The molecule has 1 atom stereocenters. The van der Waals surface area contributed by atoms with Gasteiger partial charge >= 0.3 is 0 Å². The number of anilines is 1. The van der Waals surface area contributed by atoms with Crippen molar-refractivity contribution in [3.63, 3.8) is 0 Å². The quantitative estimate of drug-likeness (QED) is 0.823. The summed E-state index contributed by atoms with van der Waals surface area (Å²) >= 11 is 0. The smallest absolute Gasteiger partial charge is 0.132 e. The van der Waals surface area contributed by atoms with Gasteiger partial charge in [-0.3, -0.25) is 0 Å². The fourth-order valence-corrected chi connectivity index (χ4v) is 2.97. The van der Waals surface area contributed by atoms with Crippen LogP contribution >= 0.6 is 0 Å². The van der Waals surface area contributed by atoms with Gasteiger partial charge in [0.1, 0.15) is 11.6 Å². The maximum absolute atomic E-state index is 4.57. The molecule has 3 nitrogen and oxygen atoms in total. The van der Waals surface area contributed by atoms with Gasteiger partial charge in [-0.05, 0) is 37.8 Å². The molecule has 1 aromatic heterocycles. The van der Waals surface area contributed by atoms with Crippen molar-refractivity contribution < 1.29 is 0 Å². The Morgan fingerprint density at radius 1 is 1.16 bits per heavy atom. The summed E-state index contributed by atoms with van der Waals surface area (Å²) < 4.78 is 0. The highest BCUT2D eigenvalue weighted by Gasteiger charge is 2.26. The number of hydrogen-bond acceptors (Lipinski definition) is 3. The highest BCUT2D eigenvalue weighted by atomic mass is 15.2. The molecule has 3 rings (SSSR count). The van der Waals surface area contributed by atoms with Gasteiger partial charge in [-0.25, -0.2) is 9.97 Å². The van der Waals surface area contributed by atoms with E-state index in [9.17, 15) is 0 Å². The maximum Gasteiger partial charge on any atom is 0.132 e. The Hall–Kier alpha value is -1.90. The van der Waals surface area contributed by atoms with Crippen molar-refractivity contribution in [1.29, 1.82) is 0 Å². The summed E-state index contributed by atoms with van der Waals surface area (Å²) in [6.07, 6.45) is 2.33. The summed E-state index contributed by atoms with van der Waals surface area (Å²) in [5, 5.41) is 0. The number of aryl methyl sites for hydroxylation is 3. The van der Waals surface area contributed by atoms with Crippen molar-refractivity contribution in [3.05, 3.63) is 53.0 Å². The van der Waals surface area contributed by atoms with Crippen LogP contribution in [0.2, 0.25) is 0 Å². The highest BCUT2D eigenvalue weighted by molar-refractivity contribution is 5.46. The fraction of sp³-hybridized carbons (Fsp3) is 0.375. The molecule has 1 aliphatic rings. The monoisotopic (exact) mass is 253 g/mol. The molecule has 1 aliphatic carbocycles. The molecule has 0 bridgehead atoms. The topological polar surface area (TPSA) is 29.0 Å². The maximum atomic E-state index is 4.57. The van der Waals surface area contributed by atoms with E-state index in [-0.39, 0.29) is 0 Å². The Morgan fingerprint density at radius 2 is 1.95 bits per heavy atom. The van der Waals surface area contributed by atoms with Gasteiger partial charge in [0.2, 0.25) is 0 Å². The van der Waals surface area contributed by atoms with Gasteiger partial charge in [-0.2, -0.15) is 0 Å². The molecule has 0 N–H and O–H groups in total. The number of hydrogen-bond donors (Lipinski definition) is 0. The summed E-state index contributed by atoms with van der Waals surface area (Å²) in [5.74, 6) is 1.86. The van der Waals surface area contributed by atoms with Crippen LogP contribution in [-0.2, 0) is 6.42 Å². The van der Waals surface area contributed by atoms with E-state index < -0.39 is 0 Å². The van der Waals surface area contributed by atoms with Crippen molar-refractivity contribution in [2.75, 3.05) is 11.9 Å². The normalized spacial score (nSPS) is 17.3. The second kappa shape index (κ2) is 4.65. The molecule has 3 heteroatoms. The average molecular weight is 253 g/mol. The predicted octanol–water partition coefficient (Wildman–Crippen LogP) is 3.22. The van der Waals surface area contributed by atoms with Crippen LogP contribution in [0.3, 0.4) is 0 Å². The third kappa shape index (κ3) is 2.21. The minimum Gasteiger partial charge on any atom is -0.352 e. The Morgan fingerprint density at radius 3 is 2.74 bits per heavy atom. The van der Waals surface area contributed by atoms with Crippen molar-refractivity contribution in [1.82, 2.24) is 9.97 Å². The van der Waals surface area contributed by atoms with Gasteiger partial charge in [0.15, 0.2) is 0 Å². The summed E-state index contributed by atoms with van der Waals surface area (Å²) in [6, 6.07) is 11.2. The first kappa shape index (κ1) is 12.2. The standard InChI is InChI=1S/C16H19N3/c1-11-10-16(18-12(2)17-11)19(3)15-9-8-13-6-4-5-7-14(13)15/h4-7,10,15H,8-9H2,1-3H3/t15-/m1/s1. The van der Waals surface area contributed by atoms with Crippen molar-refractivity contribution >= 4 is 5.82 Å². The highest BCUT2D eigenvalue weighted by Crippen LogP contribution is 2.36. The van der Waals surface area contributed by atoms with E-state index >= 15 is 0 Å². The average Bonchev–Trinajstić information content (AvgIpc) is 2.80. The summed E-state index contributed by atoms with van der Waals surface area (Å²) in [4.78, 5) is 11.2. The molecule has 0 fully saturated rings. The van der Waals surface area contributed by atoms with Crippen LogP contribution in [0.1, 0.15) is 35.1 Å². The summed E-state index contributed by atoms with van der Waals surface area (Å²) in [7, 11) is 2.13. The van der Waals surface area contributed by atoms with E-state index in [1.165, 1.54) is 11.1 Å². The Kier molecular flexibility index (Phi) is 2.97. The number of aromatic nitrogens is 2.